The Kier molecular flexibility index (Phi) is 5.92. The van der Waals surface area contributed by atoms with Crippen LogP contribution >= 0.6 is 11.6 Å². The van der Waals surface area contributed by atoms with Gasteiger partial charge in [0, 0.05) is 5.02 Å². The highest BCUT2D eigenvalue weighted by atomic mass is 35.5. The molecule has 0 radical (unpaired) electrons. The number of carbonyl (C=O) groups is 1. The molecule has 1 aliphatic heterocycles. The van der Waals surface area contributed by atoms with Gasteiger partial charge in [-0.1, -0.05) is 11.6 Å². The second-order valence-electron chi connectivity index (χ2n) is 5.66. The van der Waals surface area contributed by atoms with Gasteiger partial charge in [0.1, 0.15) is 0 Å². The highest BCUT2D eigenvalue weighted by Crippen LogP contribution is 2.32. The van der Waals surface area contributed by atoms with Gasteiger partial charge >= 0.3 is 12.1 Å². The minimum absolute atomic E-state index is 0.103. The van der Waals surface area contributed by atoms with E-state index in [1.165, 1.54) is 4.90 Å². The molecule has 23 heavy (non-hydrogen) atoms. The molecule has 1 aromatic rings. The van der Waals surface area contributed by atoms with Crippen molar-refractivity contribution in [3.8, 4) is 0 Å². The second-order valence-corrected chi connectivity index (χ2v) is 6.10. The van der Waals surface area contributed by atoms with E-state index in [4.69, 9.17) is 16.3 Å². The van der Waals surface area contributed by atoms with Crippen molar-refractivity contribution in [1.82, 2.24) is 4.90 Å². The third-order valence-corrected chi connectivity index (χ3v) is 4.11. The van der Waals surface area contributed by atoms with Crippen LogP contribution in [0.3, 0.4) is 0 Å². The molecule has 1 fully saturated rings. The summed E-state index contributed by atoms with van der Waals surface area (Å²) in [5.41, 5.74) is 1.26. The maximum absolute atomic E-state index is 12.4. The monoisotopic (exact) mass is 349 g/mol. The standard InChI is InChI=1S/C16H19ClF3NO2/c1-2-23-15(22)13-7-12(8-14(17)9-13)11-3-5-21(6-4-11)10-16(18,19)20/h7-9,11H,2-6,10H2,1H3. The lowest BCUT2D eigenvalue weighted by molar-refractivity contribution is -0.147. The van der Waals surface area contributed by atoms with Crippen molar-refractivity contribution in [3.05, 3.63) is 34.3 Å². The number of benzene rings is 1. The van der Waals surface area contributed by atoms with Crippen molar-refractivity contribution in [2.75, 3.05) is 26.2 Å². The molecule has 1 aromatic carbocycles. The number of alkyl halides is 3. The van der Waals surface area contributed by atoms with E-state index in [0.717, 1.165) is 5.56 Å². The highest BCUT2D eigenvalue weighted by molar-refractivity contribution is 6.31. The van der Waals surface area contributed by atoms with Crippen LogP contribution in [-0.4, -0.2) is 43.3 Å². The Morgan fingerprint density at radius 3 is 2.52 bits per heavy atom. The number of hydrogen-bond acceptors (Lipinski definition) is 3. The summed E-state index contributed by atoms with van der Waals surface area (Å²) in [4.78, 5) is 13.2. The Morgan fingerprint density at radius 1 is 1.30 bits per heavy atom. The van der Waals surface area contributed by atoms with Gasteiger partial charge < -0.3 is 4.74 Å². The molecule has 0 aliphatic carbocycles. The van der Waals surface area contributed by atoms with Crippen molar-refractivity contribution >= 4 is 17.6 Å². The first-order valence-corrected chi connectivity index (χ1v) is 7.93. The zero-order valence-corrected chi connectivity index (χ0v) is 13.6. The van der Waals surface area contributed by atoms with E-state index in [9.17, 15) is 18.0 Å². The van der Waals surface area contributed by atoms with Gasteiger partial charge in [-0.25, -0.2) is 4.79 Å². The van der Waals surface area contributed by atoms with Crippen LogP contribution in [0, 0.1) is 0 Å². The minimum Gasteiger partial charge on any atom is -0.462 e. The fraction of sp³-hybridized carbons (Fsp3) is 0.562. The molecule has 0 bridgehead atoms. The zero-order valence-electron chi connectivity index (χ0n) is 12.8. The first-order valence-electron chi connectivity index (χ1n) is 7.55. The van der Waals surface area contributed by atoms with Crippen LogP contribution in [0.1, 0.15) is 41.6 Å². The quantitative estimate of drug-likeness (QED) is 0.761. The van der Waals surface area contributed by atoms with Crippen LogP contribution in [0.5, 0.6) is 0 Å². The van der Waals surface area contributed by atoms with Gasteiger partial charge in [-0.2, -0.15) is 13.2 Å². The summed E-state index contributed by atoms with van der Waals surface area (Å²) in [6, 6.07) is 5.05. The van der Waals surface area contributed by atoms with Crippen LogP contribution in [0.4, 0.5) is 13.2 Å². The summed E-state index contributed by atoms with van der Waals surface area (Å²) in [5, 5.41) is 0.434. The van der Waals surface area contributed by atoms with Crippen molar-refractivity contribution in [3.63, 3.8) is 0 Å². The van der Waals surface area contributed by atoms with E-state index >= 15 is 0 Å². The SMILES string of the molecule is CCOC(=O)c1cc(Cl)cc(C2CCN(CC(F)(F)F)CC2)c1. The highest BCUT2D eigenvalue weighted by Gasteiger charge is 2.32. The smallest absolute Gasteiger partial charge is 0.401 e. The largest absolute Gasteiger partial charge is 0.462 e. The summed E-state index contributed by atoms with van der Waals surface area (Å²) < 4.78 is 42.2. The molecule has 3 nitrogen and oxygen atoms in total. The Balaban J connectivity index is 2.04. The molecule has 0 aromatic heterocycles. The minimum atomic E-state index is -4.17. The number of ether oxygens (including phenoxy) is 1. The lowest BCUT2D eigenvalue weighted by Gasteiger charge is -2.32. The molecule has 128 valence electrons. The van der Waals surface area contributed by atoms with Crippen molar-refractivity contribution < 1.29 is 22.7 Å². The van der Waals surface area contributed by atoms with Crippen molar-refractivity contribution in [2.24, 2.45) is 0 Å². The molecular formula is C16H19ClF3NO2. The molecular weight excluding hydrogens is 331 g/mol. The van der Waals surface area contributed by atoms with E-state index < -0.39 is 18.7 Å². The molecule has 0 N–H and O–H groups in total. The fourth-order valence-corrected chi connectivity index (χ4v) is 3.10. The number of rotatable bonds is 4. The lowest BCUT2D eigenvalue weighted by atomic mass is 9.88. The maximum Gasteiger partial charge on any atom is 0.401 e. The van der Waals surface area contributed by atoms with Gasteiger partial charge in [-0.15, -0.1) is 0 Å². The van der Waals surface area contributed by atoms with Crippen LogP contribution in [0.2, 0.25) is 5.02 Å². The van der Waals surface area contributed by atoms with Gasteiger partial charge in [-0.3, -0.25) is 4.90 Å². The molecule has 0 spiro atoms. The summed E-state index contributed by atoms with van der Waals surface area (Å²) in [6.07, 6.45) is -2.95. The van der Waals surface area contributed by atoms with E-state index in [-0.39, 0.29) is 12.5 Å². The van der Waals surface area contributed by atoms with E-state index in [2.05, 4.69) is 0 Å². The van der Waals surface area contributed by atoms with Crippen LogP contribution < -0.4 is 0 Å². The molecule has 1 aliphatic rings. The molecule has 1 saturated heterocycles. The third-order valence-electron chi connectivity index (χ3n) is 3.89. The van der Waals surface area contributed by atoms with Gasteiger partial charge in [0.15, 0.2) is 0 Å². The first kappa shape index (κ1) is 18.1. The number of carbonyl (C=O) groups excluding carboxylic acids is 1. The topological polar surface area (TPSA) is 29.5 Å². The summed E-state index contributed by atoms with van der Waals surface area (Å²) in [7, 11) is 0. The van der Waals surface area contributed by atoms with E-state index in [0.29, 0.717) is 36.5 Å². The summed E-state index contributed by atoms with van der Waals surface area (Å²) >= 11 is 6.06. The van der Waals surface area contributed by atoms with E-state index in [1.54, 1.807) is 25.1 Å². The first-order chi connectivity index (χ1) is 10.8. The maximum atomic E-state index is 12.4. The average molecular weight is 350 g/mol. The molecule has 0 amide bonds. The normalized spacial score (nSPS) is 17.3. The lowest BCUT2D eigenvalue weighted by Crippen LogP contribution is -2.39. The molecule has 2 rings (SSSR count). The summed E-state index contributed by atoms with van der Waals surface area (Å²) in [5.74, 6) is -0.336. The molecule has 7 heteroatoms. The van der Waals surface area contributed by atoms with Gasteiger partial charge in [-0.05, 0) is 62.5 Å². The fourth-order valence-electron chi connectivity index (χ4n) is 2.86. The Labute approximate surface area is 138 Å². The van der Waals surface area contributed by atoms with Crippen LogP contribution in [-0.2, 0) is 4.74 Å². The predicted molar refractivity (Wildman–Crippen MR) is 81.9 cm³/mol. The third kappa shape index (κ3) is 5.39. The predicted octanol–water partition coefficient (Wildman–Crippen LogP) is 4.26. The Bertz CT molecular complexity index is 555. The van der Waals surface area contributed by atoms with E-state index in [1.807, 2.05) is 0 Å². The van der Waals surface area contributed by atoms with Crippen molar-refractivity contribution in [1.29, 1.82) is 0 Å². The Hall–Kier alpha value is -1.27. The number of esters is 1. The Morgan fingerprint density at radius 2 is 1.96 bits per heavy atom. The summed E-state index contributed by atoms with van der Waals surface area (Å²) in [6.45, 7) is 1.89. The van der Waals surface area contributed by atoms with Crippen molar-refractivity contribution in [2.45, 2.75) is 31.9 Å². The number of piperidine rings is 1. The van der Waals surface area contributed by atoms with Crippen LogP contribution in [0.25, 0.3) is 0 Å². The average Bonchev–Trinajstić information content (AvgIpc) is 2.46. The number of halogens is 4. The number of likely N-dealkylation sites (tertiary alicyclic amines) is 1. The number of nitrogens with zero attached hydrogens (tertiary/aromatic N) is 1. The molecule has 1 heterocycles. The molecule has 0 atom stereocenters. The molecule has 0 saturated carbocycles. The van der Waals surface area contributed by atoms with Gasteiger partial charge in [0.25, 0.3) is 0 Å². The van der Waals surface area contributed by atoms with Gasteiger partial charge in [0.2, 0.25) is 0 Å². The zero-order chi connectivity index (χ0) is 17.0. The van der Waals surface area contributed by atoms with Crippen LogP contribution in [0.15, 0.2) is 18.2 Å². The molecule has 0 unspecified atom stereocenters. The van der Waals surface area contributed by atoms with Gasteiger partial charge in [0.05, 0.1) is 18.7 Å². The second kappa shape index (κ2) is 7.53. The number of hydrogen-bond donors (Lipinski definition) is 0.